The maximum absolute atomic E-state index is 13.4. The molecular formula is C21H24F4N4O. The van der Waals surface area contributed by atoms with Crippen LogP contribution in [0.3, 0.4) is 0 Å². The van der Waals surface area contributed by atoms with Crippen LogP contribution >= 0.6 is 0 Å². The van der Waals surface area contributed by atoms with Crippen molar-refractivity contribution >= 4 is 11.7 Å². The molecule has 0 radical (unpaired) electrons. The lowest BCUT2D eigenvalue weighted by Gasteiger charge is -2.24. The lowest BCUT2D eigenvalue weighted by Crippen LogP contribution is -2.37. The first-order valence-corrected chi connectivity index (χ1v) is 9.65. The number of alkyl halides is 3. The van der Waals surface area contributed by atoms with Crippen molar-refractivity contribution in [2.24, 2.45) is 11.7 Å². The van der Waals surface area contributed by atoms with Gasteiger partial charge in [0, 0.05) is 38.5 Å². The fraction of sp³-hybridized carbons (Fsp3) is 0.381. The van der Waals surface area contributed by atoms with E-state index in [0.717, 1.165) is 18.1 Å². The molecule has 0 saturated carbocycles. The zero-order valence-electron chi connectivity index (χ0n) is 16.3. The van der Waals surface area contributed by atoms with Crippen molar-refractivity contribution in [2.75, 3.05) is 31.6 Å². The molecule has 0 aromatic heterocycles. The quantitative estimate of drug-likeness (QED) is 0.542. The predicted molar refractivity (Wildman–Crippen MR) is 106 cm³/mol. The third-order valence-corrected chi connectivity index (χ3v) is 5.12. The molecule has 1 fully saturated rings. The number of rotatable bonds is 6. The fourth-order valence-corrected chi connectivity index (χ4v) is 3.60. The van der Waals surface area contributed by atoms with Gasteiger partial charge in [-0.3, -0.25) is 4.90 Å². The van der Waals surface area contributed by atoms with Gasteiger partial charge >= 0.3 is 12.2 Å². The molecule has 0 bridgehead atoms. The van der Waals surface area contributed by atoms with Crippen molar-refractivity contribution in [1.29, 1.82) is 0 Å². The molecule has 1 saturated heterocycles. The average Bonchev–Trinajstić information content (AvgIpc) is 3.17. The minimum Gasteiger partial charge on any atom is -0.324 e. The maximum Gasteiger partial charge on any atom is 0.419 e. The molecule has 30 heavy (non-hydrogen) atoms. The van der Waals surface area contributed by atoms with Crippen molar-refractivity contribution in [2.45, 2.75) is 19.1 Å². The first kappa shape index (κ1) is 22.0. The number of benzene rings is 2. The Kier molecular flexibility index (Phi) is 6.94. The summed E-state index contributed by atoms with van der Waals surface area (Å²) >= 11 is 0. The van der Waals surface area contributed by atoms with E-state index in [4.69, 9.17) is 5.73 Å². The Balaban J connectivity index is 1.55. The fourth-order valence-electron chi connectivity index (χ4n) is 3.60. The van der Waals surface area contributed by atoms with Gasteiger partial charge in [-0.1, -0.05) is 30.3 Å². The van der Waals surface area contributed by atoms with Crippen LogP contribution in [0.15, 0.2) is 48.5 Å². The van der Waals surface area contributed by atoms with Crippen molar-refractivity contribution in [3.8, 4) is 0 Å². The van der Waals surface area contributed by atoms with Crippen LogP contribution in [0.1, 0.15) is 17.5 Å². The summed E-state index contributed by atoms with van der Waals surface area (Å²) in [7, 11) is 0. The van der Waals surface area contributed by atoms with Crippen LogP contribution in [0, 0.1) is 11.7 Å². The molecule has 162 valence electrons. The van der Waals surface area contributed by atoms with Gasteiger partial charge in [0.2, 0.25) is 0 Å². The molecule has 5 nitrogen and oxygen atoms in total. The van der Waals surface area contributed by atoms with Crippen LogP contribution in [0.4, 0.5) is 28.0 Å². The highest BCUT2D eigenvalue weighted by Crippen LogP contribution is 2.33. The van der Waals surface area contributed by atoms with Gasteiger partial charge in [-0.15, -0.1) is 0 Å². The molecule has 0 aliphatic carbocycles. The van der Waals surface area contributed by atoms with Gasteiger partial charge < -0.3 is 16.0 Å². The summed E-state index contributed by atoms with van der Waals surface area (Å²) in [5.41, 5.74) is 5.52. The van der Waals surface area contributed by atoms with Gasteiger partial charge in [0.15, 0.2) is 0 Å². The summed E-state index contributed by atoms with van der Waals surface area (Å²) in [5, 5.41) is 2.43. The second kappa shape index (κ2) is 9.44. The number of amides is 2. The number of hydrogen-bond donors (Lipinski definition) is 2. The summed E-state index contributed by atoms with van der Waals surface area (Å²) in [6.45, 7) is 2.77. The van der Waals surface area contributed by atoms with E-state index in [9.17, 15) is 22.4 Å². The number of nitrogens with one attached hydrogen (secondary N) is 1. The van der Waals surface area contributed by atoms with Crippen LogP contribution in [-0.4, -0.2) is 42.1 Å². The largest absolute Gasteiger partial charge is 0.419 e. The minimum atomic E-state index is -4.83. The second-order valence-electron chi connectivity index (χ2n) is 7.40. The number of halogens is 4. The molecule has 2 aromatic carbocycles. The second-order valence-corrected chi connectivity index (χ2v) is 7.40. The van der Waals surface area contributed by atoms with Crippen LogP contribution in [0.25, 0.3) is 0 Å². The Bertz CT molecular complexity index is 860. The number of carbonyl (C=O) groups excluding carboxylic acids is 1. The maximum atomic E-state index is 13.4. The Morgan fingerprint density at radius 1 is 1.20 bits per heavy atom. The molecule has 2 amide bonds. The van der Waals surface area contributed by atoms with Crippen molar-refractivity contribution in [1.82, 2.24) is 9.80 Å². The SMILES string of the molecule is NCN(Cc1ccccc1)CC1CCN(C(=O)Nc2ccc(F)c(C(F)(F)F)c2)C1. The zero-order chi connectivity index (χ0) is 21.7. The van der Waals surface area contributed by atoms with E-state index >= 15 is 0 Å². The van der Waals surface area contributed by atoms with E-state index < -0.39 is 23.6 Å². The lowest BCUT2D eigenvalue weighted by atomic mass is 10.1. The first-order chi connectivity index (χ1) is 14.3. The normalized spacial score (nSPS) is 16.9. The van der Waals surface area contributed by atoms with Crippen LogP contribution in [0.5, 0.6) is 0 Å². The highest BCUT2D eigenvalue weighted by Gasteiger charge is 2.34. The smallest absolute Gasteiger partial charge is 0.324 e. The van der Waals surface area contributed by atoms with Gasteiger partial charge in [-0.25, -0.2) is 9.18 Å². The van der Waals surface area contributed by atoms with Crippen LogP contribution in [0.2, 0.25) is 0 Å². The third-order valence-electron chi connectivity index (χ3n) is 5.12. The Labute approximate surface area is 172 Å². The minimum absolute atomic E-state index is 0.0927. The van der Waals surface area contributed by atoms with Crippen LogP contribution in [-0.2, 0) is 12.7 Å². The monoisotopic (exact) mass is 424 g/mol. The van der Waals surface area contributed by atoms with E-state index in [1.807, 2.05) is 30.3 Å². The molecule has 3 N–H and O–H groups in total. The highest BCUT2D eigenvalue weighted by molar-refractivity contribution is 5.89. The molecule has 2 aromatic rings. The lowest BCUT2D eigenvalue weighted by molar-refractivity contribution is -0.139. The summed E-state index contributed by atoms with van der Waals surface area (Å²) in [6.07, 6.45) is -4.05. The molecule has 0 spiro atoms. The number of hydrogen-bond acceptors (Lipinski definition) is 3. The Morgan fingerprint density at radius 2 is 1.93 bits per heavy atom. The first-order valence-electron chi connectivity index (χ1n) is 9.65. The van der Waals surface area contributed by atoms with E-state index in [2.05, 4.69) is 10.2 Å². The number of urea groups is 1. The van der Waals surface area contributed by atoms with E-state index in [1.54, 1.807) is 4.90 Å². The highest BCUT2D eigenvalue weighted by atomic mass is 19.4. The number of nitrogens with two attached hydrogens (primary N) is 1. The molecule has 1 aliphatic rings. The molecule has 1 atom stereocenters. The summed E-state index contributed by atoms with van der Waals surface area (Å²) in [4.78, 5) is 16.1. The van der Waals surface area contributed by atoms with Crippen LogP contribution < -0.4 is 11.1 Å². The van der Waals surface area contributed by atoms with E-state index in [-0.39, 0.29) is 11.6 Å². The topological polar surface area (TPSA) is 61.6 Å². The number of anilines is 1. The number of carbonyl (C=O) groups is 1. The van der Waals surface area contributed by atoms with Gasteiger partial charge in [-0.05, 0) is 36.1 Å². The van der Waals surface area contributed by atoms with E-state index in [1.165, 1.54) is 0 Å². The molecule has 9 heteroatoms. The van der Waals surface area contributed by atoms with Gasteiger partial charge in [-0.2, -0.15) is 13.2 Å². The zero-order valence-corrected chi connectivity index (χ0v) is 16.3. The molecule has 1 aliphatic heterocycles. The average molecular weight is 424 g/mol. The van der Waals surface area contributed by atoms with Crippen molar-refractivity contribution < 1.29 is 22.4 Å². The van der Waals surface area contributed by atoms with Crippen molar-refractivity contribution in [3.63, 3.8) is 0 Å². The van der Waals surface area contributed by atoms with Gasteiger partial charge in [0.25, 0.3) is 0 Å². The molecule has 1 heterocycles. The van der Waals surface area contributed by atoms with Crippen molar-refractivity contribution in [3.05, 3.63) is 65.5 Å². The summed E-state index contributed by atoms with van der Waals surface area (Å²) in [6, 6.07) is 11.8. The predicted octanol–water partition coefficient (Wildman–Crippen LogP) is 4.12. The summed E-state index contributed by atoms with van der Waals surface area (Å²) < 4.78 is 52.0. The Morgan fingerprint density at radius 3 is 2.60 bits per heavy atom. The van der Waals surface area contributed by atoms with E-state index in [0.29, 0.717) is 45.0 Å². The standard InChI is InChI=1S/C21H24F4N4O/c22-19-7-6-17(10-18(19)21(23,24)25)27-20(30)29-9-8-16(13-29)12-28(14-26)11-15-4-2-1-3-5-15/h1-7,10,16H,8-9,11-14,26H2,(H,27,30). The Hall–Kier alpha value is -2.65. The summed E-state index contributed by atoms with van der Waals surface area (Å²) in [5.74, 6) is -1.16. The number of likely N-dealkylation sites (tertiary alicyclic amines) is 1. The van der Waals surface area contributed by atoms with Gasteiger partial charge in [0.05, 0.1) is 5.56 Å². The third kappa shape index (κ3) is 5.70. The molecule has 3 rings (SSSR count). The van der Waals surface area contributed by atoms with Gasteiger partial charge in [0.1, 0.15) is 5.82 Å². The molecule has 1 unspecified atom stereocenters. The number of nitrogens with zero attached hydrogens (tertiary/aromatic N) is 2. The molecular weight excluding hydrogens is 400 g/mol.